The van der Waals surface area contributed by atoms with Crippen molar-refractivity contribution in [3.63, 3.8) is 0 Å². The van der Waals surface area contributed by atoms with Crippen LogP contribution in [-0.4, -0.2) is 33.6 Å². The van der Waals surface area contributed by atoms with Crippen molar-refractivity contribution in [1.29, 1.82) is 0 Å². The zero-order chi connectivity index (χ0) is 17.1. The van der Waals surface area contributed by atoms with Crippen LogP contribution in [-0.2, 0) is 6.54 Å². The van der Waals surface area contributed by atoms with Crippen molar-refractivity contribution >= 4 is 16.7 Å². The Morgan fingerprint density at radius 3 is 2.88 bits per heavy atom. The van der Waals surface area contributed by atoms with Gasteiger partial charge in [0.2, 0.25) is 0 Å². The minimum atomic E-state index is 0.203. The molecular formula is C19H21N5O. The third kappa shape index (κ3) is 3.69. The molecule has 1 aliphatic heterocycles. The molecule has 3 aromatic rings. The normalized spacial score (nSPS) is 19.9. The lowest BCUT2D eigenvalue weighted by atomic mass is 10.2. The van der Waals surface area contributed by atoms with E-state index in [1.165, 1.54) is 0 Å². The van der Waals surface area contributed by atoms with Gasteiger partial charge in [0.05, 0.1) is 22.9 Å². The van der Waals surface area contributed by atoms with E-state index in [-0.39, 0.29) is 6.10 Å². The lowest BCUT2D eigenvalue weighted by molar-refractivity contribution is 0.221. The monoisotopic (exact) mass is 335 g/mol. The van der Waals surface area contributed by atoms with Crippen LogP contribution < -0.4 is 15.4 Å². The number of benzene rings is 1. The number of pyridine rings is 1. The molecule has 4 rings (SSSR count). The summed E-state index contributed by atoms with van der Waals surface area (Å²) in [6.45, 7) is 3.73. The summed E-state index contributed by atoms with van der Waals surface area (Å²) in [5, 5.41) is 6.83. The summed E-state index contributed by atoms with van der Waals surface area (Å²) in [6, 6.07) is 8.52. The van der Waals surface area contributed by atoms with Crippen LogP contribution in [0.3, 0.4) is 0 Å². The molecule has 2 N–H and O–H groups in total. The van der Waals surface area contributed by atoms with Crippen molar-refractivity contribution in [3.8, 4) is 5.75 Å². The maximum atomic E-state index is 6.15. The van der Waals surface area contributed by atoms with Crippen LogP contribution >= 0.6 is 0 Å². The summed E-state index contributed by atoms with van der Waals surface area (Å²) < 4.78 is 6.15. The van der Waals surface area contributed by atoms with Crippen LogP contribution in [0.25, 0.3) is 11.0 Å². The average molecular weight is 335 g/mol. The van der Waals surface area contributed by atoms with E-state index in [1.54, 1.807) is 18.6 Å². The molecule has 1 saturated heterocycles. The molecular weight excluding hydrogens is 314 g/mol. The molecule has 1 fully saturated rings. The highest BCUT2D eigenvalue weighted by molar-refractivity contribution is 5.74. The number of rotatable bonds is 5. The summed E-state index contributed by atoms with van der Waals surface area (Å²) in [5.74, 6) is 0.844. The predicted molar refractivity (Wildman–Crippen MR) is 97.6 cm³/mol. The number of nitrogens with one attached hydrogen (secondary N) is 2. The third-order valence-electron chi connectivity index (χ3n) is 4.40. The Labute approximate surface area is 146 Å². The highest BCUT2D eigenvalue weighted by Crippen LogP contribution is 2.26. The Kier molecular flexibility index (Phi) is 4.43. The standard InChI is InChI=1S/C19H21N5O/c1-13-8-15(11-23-13)25-19-4-5-20-12-18(19)24-10-14-2-3-16-17(9-14)22-7-6-21-16/h2-7,9,12-13,15,23-24H,8,10-11H2,1H3/t13-,15+/m0/s1. The molecule has 1 aliphatic rings. The van der Waals surface area contributed by atoms with Crippen molar-refractivity contribution in [1.82, 2.24) is 20.3 Å². The lowest BCUT2D eigenvalue weighted by Gasteiger charge is -2.17. The first kappa shape index (κ1) is 15.8. The number of anilines is 1. The molecule has 128 valence electrons. The molecule has 0 aliphatic carbocycles. The molecule has 0 amide bonds. The zero-order valence-corrected chi connectivity index (χ0v) is 14.1. The van der Waals surface area contributed by atoms with Gasteiger partial charge in [-0.25, -0.2) is 0 Å². The van der Waals surface area contributed by atoms with Gasteiger partial charge in [-0.2, -0.15) is 0 Å². The first-order chi connectivity index (χ1) is 12.3. The van der Waals surface area contributed by atoms with E-state index >= 15 is 0 Å². The highest BCUT2D eigenvalue weighted by atomic mass is 16.5. The van der Waals surface area contributed by atoms with Gasteiger partial charge in [0.1, 0.15) is 11.9 Å². The molecule has 0 bridgehead atoms. The molecule has 6 heteroatoms. The third-order valence-corrected chi connectivity index (χ3v) is 4.40. The summed E-state index contributed by atoms with van der Waals surface area (Å²) >= 11 is 0. The van der Waals surface area contributed by atoms with Gasteiger partial charge in [-0.15, -0.1) is 0 Å². The fourth-order valence-corrected chi connectivity index (χ4v) is 3.10. The van der Waals surface area contributed by atoms with E-state index in [9.17, 15) is 0 Å². The molecule has 0 saturated carbocycles. The Hall–Kier alpha value is -2.73. The van der Waals surface area contributed by atoms with E-state index in [2.05, 4.69) is 44.6 Å². The molecule has 6 nitrogen and oxygen atoms in total. The lowest BCUT2D eigenvalue weighted by Crippen LogP contribution is -2.21. The molecule has 0 spiro atoms. The van der Waals surface area contributed by atoms with Gasteiger partial charge in [0, 0.05) is 50.2 Å². The Morgan fingerprint density at radius 1 is 1.16 bits per heavy atom. The molecule has 0 unspecified atom stereocenters. The second-order valence-electron chi connectivity index (χ2n) is 6.39. The molecule has 1 aromatic carbocycles. The van der Waals surface area contributed by atoms with Gasteiger partial charge in [0.15, 0.2) is 0 Å². The van der Waals surface area contributed by atoms with E-state index < -0.39 is 0 Å². The van der Waals surface area contributed by atoms with Crippen LogP contribution in [0.4, 0.5) is 5.69 Å². The topological polar surface area (TPSA) is 72.0 Å². The smallest absolute Gasteiger partial charge is 0.146 e. The SMILES string of the molecule is C[C@H]1C[C@@H](Oc2ccncc2NCc2ccc3nccnc3c2)CN1. The second kappa shape index (κ2) is 7.03. The van der Waals surface area contributed by atoms with Crippen LogP contribution in [0.5, 0.6) is 5.75 Å². The second-order valence-corrected chi connectivity index (χ2v) is 6.39. The molecule has 25 heavy (non-hydrogen) atoms. The first-order valence-corrected chi connectivity index (χ1v) is 8.55. The summed E-state index contributed by atoms with van der Waals surface area (Å²) in [6.07, 6.45) is 8.21. The predicted octanol–water partition coefficient (Wildman–Crippen LogP) is 2.77. The average Bonchev–Trinajstić information content (AvgIpc) is 3.05. The number of ether oxygens (including phenoxy) is 1. The van der Waals surface area contributed by atoms with Crippen LogP contribution in [0.1, 0.15) is 18.9 Å². The van der Waals surface area contributed by atoms with Crippen molar-refractivity contribution < 1.29 is 4.74 Å². The van der Waals surface area contributed by atoms with Crippen LogP contribution in [0.15, 0.2) is 49.1 Å². The van der Waals surface area contributed by atoms with E-state index in [4.69, 9.17) is 4.74 Å². The van der Waals surface area contributed by atoms with E-state index in [0.717, 1.165) is 41.0 Å². The number of fused-ring (bicyclic) bond motifs is 1. The number of aromatic nitrogens is 3. The number of hydrogen-bond donors (Lipinski definition) is 2. The minimum Gasteiger partial charge on any atom is -0.487 e. The first-order valence-electron chi connectivity index (χ1n) is 8.55. The molecule has 2 atom stereocenters. The largest absolute Gasteiger partial charge is 0.487 e. The zero-order valence-electron chi connectivity index (χ0n) is 14.1. The molecule has 0 radical (unpaired) electrons. The van der Waals surface area contributed by atoms with Gasteiger partial charge in [-0.3, -0.25) is 15.0 Å². The van der Waals surface area contributed by atoms with E-state index in [0.29, 0.717) is 12.6 Å². The van der Waals surface area contributed by atoms with Crippen LogP contribution in [0, 0.1) is 0 Å². The van der Waals surface area contributed by atoms with Gasteiger partial charge in [-0.05, 0) is 24.6 Å². The fraction of sp³-hybridized carbons (Fsp3) is 0.316. The molecule has 2 aromatic heterocycles. The minimum absolute atomic E-state index is 0.203. The van der Waals surface area contributed by atoms with Crippen molar-refractivity contribution in [2.24, 2.45) is 0 Å². The number of nitrogens with zero attached hydrogens (tertiary/aromatic N) is 3. The highest BCUT2D eigenvalue weighted by Gasteiger charge is 2.22. The Morgan fingerprint density at radius 2 is 2.04 bits per heavy atom. The quantitative estimate of drug-likeness (QED) is 0.747. The van der Waals surface area contributed by atoms with Gasteiger partial charge in [0.25, 0.3) is 0 Å². The van der Waals surface area contributed by atoms with Gasteiger partial charge < -0.3 is 15.4 Å². The fourth-order valence-electron chi connectivity index (χ4n) is 3.10. The van der Waals surface area contributed by atoms with E-state index in [1.807, 2.05) is 18.3 Å². The summed E-state index contributed by atoms with van der Waals surface area (Å²) in [4.78, 5) is 12.9. The van der Waals surface area contributed by atoms with Gasteiger partial charge >= 0.3 is 0 Å². The Bertz CT molecular complexity index is 869. The van der Waals surface area contributed by atoms with Crippen molar-refractivity contribution in [2.45, 2.75) is 32.0 Å². The molecule has 3 heterocycles. The van der Waals surface area contributed by atoms with Crippen molar-refractivity contribution in [3.05, 3.63) is 54.6 Å². The van der Waals surface area contributed by atoms with Gasteiger partial charge in [-0.1, -0.05) is 6.07 Å². The maximum absolute atomic E-state index is 6.15. The maximum Gasteiger partial charge on any atom is 0.146 e. The number of hydrogen-bond acceptors (Lipinski definition) is 6. The van der Waals surface area contributed by atoms with Crippen LogP contribution in [0.2, 0.25) is 0 Å². The van der Waals surface area contributed by atoms with Crippen molar-refractivity contribution in [2.75, 3.05) is 11.9 Å². The Balaban J connectivity index is 1.46. The summed E-state index contributed by atoms with van der Waals surface area (Å²) in [5.41, 5.74) is 3.84. The summed E-state index contributed by atoms with van der Waals surface area (Å²) in [7, 11) is 0.